The number of hydrogen-bond donors (Lipinski definition) is 3. The van der Waals surface area contributed by atoms with Crippen molar-refractivity contribution in [1.29, 1.82) is 0 Å². The molecule has 0 aliphatic carbocycles. The number of aliphatic hydroxyl groups is 1. The van der Waals surface area contributed by atoms with Gasteiger partial charge in [-0.3, -0.25) is 0 Å². The molecule has 0 bridgehead atoms. The molecule has 0 saturated heterocycles. The molecule has 3 nitrogen and oxygen atoms in total. The summed E-state index contributed by atoms with van der Waals surface area (Å²) in [5.41, 5.74) is 6.32. The van der Waals surface area contributed by atoms with E-state index in [-0.39, 0.29) is 6.61 Å². The predicted octanol–water partition coefficient (Wildman–Crippen LogP) is 4.82. The van der Waals surface area contributed by atoms with Crippen molar-refractivity contribution in [2.24, 2.45) is 0 Å². The van der Waals surface area contributed by atoms with Crippen LogP contribution < -0.4 is 5.32 Å². The number of aromatic nitrogens is 1. The van der Waals surface area contributed by atoms with Gasteiger partial charge in [0.2, 0.25) is 0 Å². The molecule has 2 heterocycles. The molecule has 4 rings (SSSR count). The maximum Gasteiger partial charge on any atom is 0.0682 e. The smallest absolute Gasteiger partial charge is 0.0682 e. The number of fused-ring (bicyclic) bond motifs is 1. The topological polar surface area (TPSA) is 48.0 Å². The van der Waals surface area contributed by atoms with E-state index in [1.807, 2.05) is 12.1 Å². The highest BCUT2D eigenvalue weighted by Crippen LogP contribution is 2.25. The lowest BCUT2D eigenvalue weighted by Crippen LogP contribution is -2.32. The molecule has 0 amide bonds. The minimum Gasteiger partial charge on any atom is -0.392 e. The van der Waals surface area contributed by atoms with Gasteiger partial charge in [0.1, 0.15) is 0 Å². The Morgan fingerprint density at radius 2 is 1.93 bits per heavy atom. The molecule has 1 aliphatic rings. The van der Waals surface area contributed by atoms with Crippen LogP contribution in [0.2, 0.25) is 0 Å². The Morgan fingerprint density at radius 1 is 1.04 bits per heavy atom. The second-order valence-electron chi connectivity index (χ2n) is 7.50. The first-order chi connectivity index (χ1) is 13.3. The molecule has 3 heteroatoms. The van der Waals surface area contributed by atoms with E-state index < -0.39 is 0 Å². The van der Waals surface area contributed by atoms with Gasteiger partial charge >= 0.3 is 0 Å². The number of aryl methyl sites for hydroxylation is 1. The van der Waals surface area contributed by atoms with Gasteiger partial charge in [-0.2, -0.15) is 0 Å². The highest BCUT2D eigenvalue weighted by atomic mass is 16.3. The zero-order chi connectivity index (χ0) is 18.5. The predicted molar refractivity (Wildman–Crippen MR) is 113 cm³/mol. The maximum absolute atomic E-state index is 9.27. The molecule has 27 heavy (non-hydrogen) atoms. The molecule has 1 atom stereocenters. The zero-order valence-electron chi connectivity index (χ0n) is 15.7. The lowest BCUT2D eigenvalue weighted by atomic mass is 9.92. The minimum atomic E-state index is 0.0953. The number of nitrogens with one attached hydrogen (secondary N) is 2. The molecule has 140 valence electrons. The van der Waals surface area contributed by atoms with Gasteiger partial charge in [0.15, 0.2) is 0 Å². The number of aromatic amines is 1. The molecular weight excluding hydrogens is 332 g/mol. The van der Waals surface area contributed by atoms with Crippen molar-refractivity contribution in [2.75, 3.05) is 6.54 Å². The van der Waals surface area contributed by atoms with Crippen molar-refractivity contribution in [2.45, 2.75) is 44.8 Å². The molecule has 0 saturated carbocycles. The Morgan fingerprint density at radius 3 is 2.78 bits per heavy atom. The molecular formula is C24H28N2O. The summed E-state index contributed by atoms with van der Waals surface area (Å²) >= 11 is 0. The Balaban J connectivity index is 1.28. The highest BCUT2D eigenvalue weighted by Gasteiger charge is 2.15. The van der Waals surface area contributed by atoms with E-state index in [1.54, 1.807) is 0 Å². The van der Waals surface area contributed by atoms with E-state index in [9.17, 15) is 5.11 Å². The Kier molecular flexibility index (Phi) is 5.71. The van der Waals surface area contributed by atoms with Crippen molar-refractivity contribution in [3.63, 3.8) is 0 Å². The molecule has 0 spiro atoms. The lowest BCUT2D eigenvalue weighted by molar-refractivity contribution is 0.282. The fourth-order valence-corrected chi connectivity index (χ4v) is 4.11. The van der Waals surface area contributed by atoms with Gasteiger partial charge in [-0.15, -0.1) is 0 Å². The first-order valence-electron chi connectivity index (χ1n) is 10.0. The van der Waals surface area contributed by atoms with Gasteiger partial charge in [0.25, 0.3) is 0 Å². The largest absolute Gasteiger partial charge is 0.392 e. The average molecular weight is 361 g/mol. The van der Waals surface area contributed by atoms with E-state index in [0.29, 0.717) is 6.04 Å². The van der Waals surface area contributed by atoms with Gasteiger partial charge in [-0.1, -0.05) is 55.0 Å². The quantitative estimate of drug-likeness (QED) is 0.529. The van der Waals surface area contributed by atoms with Crippen LogP contribution in [-0.2, 0) is 13.0 Å². The van der Waals surface area contributed by atoms with Crippen molar-refractivity contribution < 1.29 is 5.11 Å². The van der Waals surface area contributed by atoms with Crippen molar-refractivity contribution in [1.82, 2.24) is 10.3 Å². The van der Waals surface area contributed by atoms with Crippen LogP contribution in [-0.4, -0.2) is 22.7 Å². The molecule has 3 aromatic rings. The Hall–Kier alpha value is -2.36. The summed E-state index contributed by atoms with van der Waals surface area (Å²) in [5.74, 6) is 0. The van der Waals surface area contributed by atoms with Crippen molar-refractivity contribution in [3.8, 4) is 0 Å². The number of rotatable bonds is 7. The summed E-state index contributed by atoms with van der Waals surface area (Å²) in [5, 5.41) is 14.2. The molecule has 1 aromatic heterocycles. The van der Waals surface area contributed by atoms with Crippen molar-refractivity contribution in [3.05, 3.63) is 77.5 Å². The maximum atomic E-state index is 9.27. The third kappa shape index (κ3) is 4.32. The molecule has 1 aliphatic heterocycles. The van der Waals surface area contributed by atoms with Crippen LogP contribution in [0.25, 0.3) is 16.5 Å². The van der Waals surface area contributed by atoms with E-state index >= 15 is 0 Å². The third-order valence-corrected chi connectivity index (χ3v) is 5.63. The van der Waals surface area contributed by atoms with Crippen LogP contribution in [0.4, 0.5) is 0 Å². The number of unbranched alkanes of at least 4 members (excludes halogenated alkanes) is 1. The third-order valence-electron chi connectivity index (χ3n) is 5.63. The summed E-state index contributed by atoms with van der Waals surface area (Å²) in [7, 11) is 0. The average Bonchev–Trinajstić information content (AvgIpc) is 3.14. The van der Waals surface area contributed by atoms with Crippen LogP contribution in [0.15, 0.2) is 60.8 Å². The number of aliphatic hydroxyl groups excluding tert-OH is 1. The Bertz CT molecular complexity index is 911. The lowest BCUT2D eigenvalue weighted by Gasteiger charge is -2.24. The first-order valence-corrected chi connectivity index (χ1v) is 10.0. The first kappa shape index (κ1) is 18.0. The van der Waals surface area contributed by atoms with Crippen molar-refractivity contribution >= 4 is 16.5 Å². The van der Waals surface area contributed by atoms with Crippen LogP contribution in [0.1, 0.15) is 42.4 Å². The molecule has 0 fully saturated rings. The van der Waals surface area contributed by atoms with E-state index in [1.165, 1.54) is 41.3 Å². The summed E-state index contributed by atoms with van der Waals surface area (Å²) in [6.45, 7) is 1.07. The van der Waals surface area contributed by atoms with Crippen LogP contribution in [0.5, 0.6) is 0 Å². The van der Waals surface area contributed by atoms with E-state index in [0.717, 1.165) is 30.5 Å². The fourth-order valence-electron chi connectivity index (χ4n) is 4.11. The van der Waals surface area contributed by atoms with Gasteiger partial charge in [-0.05, 0) is 54.0 Å². The normalized spacial score (nSPS) is 17.2. The second-order valence-corrected chi connectivity index (χ2v) is 7.50. The fraction of sp³-hybridized carbons (Fsp3) is 0.333. The van der Waals surface area contributed by atoms with Gasteiger partial charge in [0, 0.05) is 29.7 Å². The molecule has 1 unspecified atom stereocenters. The summed E-state index contributed by atoms with van der Waals surface area (Å²) < 4.78 is 0. The highest BCUT2D eigenvalue weighted by molar-refractivity contribution is 5.83. The number of benzene rings is 2. The SMILES string of the molecule is OCc1ccc2c(CCCCC3CC(c4ccccc4)=CCN3)c[nH]c2c1. The summed E-state index contributed by atoms with van der Waals surface area (Å²) in [4.78, 5) is 3.35. The number of H-pyrrole nitrogens is 1. The van der Waals surface area contributed by atoms with Crippen LogP contribution >= 0.6 is 0 Å². The van der Waals surface area contributed by atoms with Crippen LogP contribution in [0, 0.1) is 0 Å². The Labute approximate surface area is 161 Å². The summed E-state index contributed by atoms with van der Waals surface area (Å²) in [6.07, 6.45) is 10.4. The minimum absolute atomic E-state index is 0.0953. The van der Waals surface area contributed by atoms with Gasteiger partial charge in [-0.25, -0.2) is 0 Å². The number of hydrogen-bond acceptors (Lipinski definition) is 2. The standard InChI is InChI=1S/C24H28N2O/c27-17-18-10-11-23-21(16-26-24(23)14-18)8-4-5-9-22-15-20(12-13-25-22)19-6-2-1-3-7-19/h1-3,6-7,10-12,14,16,22,25-27H,4-5,8-9,13,15,17H2. The molecule has 3 N–H and O–H groups in total. The monoisotopic (exact) mass is 360 g/mol. The zero-order valence-corrected chi connectivity index (χ0v) is 15.7. The van der Waals surface area contributed by atoms with E-state index in [4.69, 9.17) is 0 Å². The van der Waals surface area contributed by atoms with Crippen LogP contribution in [0.3, 0.4) is 0 Å². The van der Waals surface area contributed by atoms with E-state index in [2.05, 4.69) is 59.0 Å². The molecule has 2 aromatic carbocycles. The van der Waals surface area contributed by atoms with Gasteiger partial charge < -0.3 is 15.4 Å². The second kappa shape index (κ2) is 8.55. The molecule has 0 radical (unpaired) electrons. The van der Waals surface area contributed by atoms with Gasteiger partial charge in [0.05, 0.1) is 6.61 Å². The summed E-state index contributed by atoms with van der Waals surface area (Å²) in [6, 6.07) is 17.5.